The first kappa shape index (κ1) is 15.5. The molecule has 1 unspecified atom stereocenters. The molecule has 0 bridgehead atoms. The maximum Gasteiger partial charge on any atom is 0.0473 e. The Labute approximate surface area is 124 Å². The van der Waals surface area contributed by atoms with E-state index < -0.39 is 0 Å². The van der Waals surface area contributed by atoms with Crippen LogP contribution < -0.4 is 5.73 Å². The van der Waals surface area contributed by atoms with E-state index in [2.05, 4.69) is 44.0 Å². The molecule has 0 aromatic heterocycles. The van der Waals surface area contributed by atoms with Crippen molar-refractivity contribution in [3.8, 4) is 0 Å². The normalized spacial score (nSPS) is 19.1. The second-order valence-electron chi connectivity index (χ2n) is 6.42. The third-order valence-electron chi connectivity index (χ3n) is 4.91. The fourth-order valence-electron chi connectivity index (χ4n) is 3.55. The summed E-state index contributed by atoms with van der Waals surface area (Å²) in [6, 6.07) is 7.80. The first-order valence-electron chi connectivity index (χ1n) is 8.12. The molecule has 0 aliphatic heterocycles. The maximum absolute atomic E-state index is 6.13. The summed E-state index contributed by atoms with van der Waals surface area (Å²) in [6.07, 6.45) is 8.22. The van der Waals surface area contributed by atoms with E-state index in [9.17, 15) is 0 Å². The molecular weight excluding hydrogens is 244 g/mol. The van der Waals surface area contributed by atoms with E-state index in [1.807, 2.05) is 0 Å². The van der Waals surface area contributed by atoms with E-state index in [1.165, 1.54) is 55.2 Å². The van der Waals surface area contributed by atoms with Crippen LogP contribution >= 0.6 is 0 Å². The van der Waals surface area contributed by atoms with E-state index in [0.29, 0.717) is 18.6 Å². The lowest BCUT2D eigenvalue weighted by molar-refractivity contribution is 0.161. The van der Waals surface area contributed by atoms with Gasteiger partial charge < -0.3 is 5.73 Å². The van der Waals surface area contributed by atoms with Gasteiger partial charge in [0.1, 0.15) is 0 Å². The van der Waals surface area contributed by atoms with Crippen LogP contribution in [0.3, 0.4) is 0 Å². The average Bonchev–Trinajstić information content (AvgIpc) is 2.72. The highest BCUT2D eigenvalue weighted by Crippen LogP contribution is 2.29. The summed E-state index contributed by atoms with van der Waals surface area (Å²) in [5, 5.41) is 0. The highest BCUT2D eigenvalue weighted by atomic mass is 15.2. The molecule has 1 aliphatic carbocycles. The molecule has 0 heterocycles. The van der Waals surface area contributed by atoms with E-state index in [1.54, 1.807) is 0 Å². The smallest absolute Gasteiger partial charge is 0.0473 e. The standard InChI is InChI=1S/C18H30N2/c1-14-10-11-15(2)17(12-14)18(13-19)20(3)16-8-6-4-5-7-9-16/h10-12,16,18H,4-9,13,19H2,1-3H3. The Bertz CT molecular complexity index is 419. The fourth-order valence-corrected chi connectivity index (χ4v) is 3.55. The van der Waals surface area contributed by atoms with Crippen LogP contribution in [-0.2, 0) is 0 Å². The SMILES string of the molecule is Cc1ccc(C)c(C(CN)N(C)C2CCCCCC2)c1. The van der Waals surface area contributed by atoms with Gasteiger partial charge in [-0.2, -0.15) is 0 Å². The Morgan fingerprint density at radius 1 is 1.15 bits per heavy atom. The fraction of sp³-hybridized carbons (Fsp3) is 0.667. The summed E-state index contributed by atoms with van der Waals surface area (Å²) in [4.78, 5) is 2.55. The van der Waals surface area contributed by atoms with E-state index >= 15 is 0 Å². The van der Waals surface area contributed by atoms with Crippen LogP contribution in [0.2, 0.25) is 0 Å². The monoisotopic (exact) mass is 274 g/mol. The van der Waals surface area contributed by atoms with Crippen LogP contribution in [0.15, 0.2) is 18.2 Å². The summed E-state index contributed by atoms with van der Waals surface area (Å²) in [6.45, 7) is 5.08. The Morgan fingerprint density at radius 2 is 1.80 bits per heavy atom. The van der Waals surface area contributed by atoms with Crippen molar-refractivity contribution in [3.05, 3.63) is 34.9 Å². The zero-order chi connectivity index (χ0) is 14.5. The molecule has 0 radical (unpaired) electrons. The zero-order valence-corrected chi connectivity index (χ0v) is 13.4. The molecule has 1 fully saturated rings. The molecule has 20 heavy (non-hydrogen) atoms. The van der Waals surface area contributed by atoms with Gasteiger partial charge in [0.05, 0.1) is 0 Å². The quantitative estimate of drug-likeness (QED) is 0.842. The van der Waals surface area contributed by atoms with Crippen LogP contribution in [0.25, 0.3) is 0 Å². The van der Waals surface area contributed by atoms with Crippen LogP contribution in [0.1, 0.15) is 61.3 Å². The van der Waals surface area contributed by atoms with Crippen molar-refractivity contribution in [1.29, 1.82) is 0 Å². The van der Waals surface area contributed by atoms with Gasteiger partial charge in [-0.3, -0.25) is 4.90 Å². The number of hydrogen-bond acceptors (Lipinski definition) is 2. The topological polar surface area (TPSA) is 29.3 Å². The largest absolute Gasteiger partial charge is 0.329 e. The predicted octanol–water partition coefficient (Wildman–Crippen LogP) is 3.96. The molecule has 1 atom stereocenters. The molecule has 0 spiro atoms. The number of hydrogen-bond donors (Lipinski definition) is 1. The van der Waals surface area contributed by atoms with Gasteiger partial charge in [-0.05, 0) is 44.9 Å². The van der Waals surface area contributed by atoms with Gasteiger partial charge in [0, 0.05) is 18.6 Å². The third kappa shape index (κ3) is 3.62. The summed E-state index contributed by atoms with van der Waals surface area (Å²) in [7, 11) is 2.27. The van der Waals surface area contributed by atoms with Crippen LogP contribution in [0.4, 0.5) is 0 Å². The molecule has 1 aromatic carbocycles. The molecule has 112 valence electrons. The Kier molecular flexibility index (Phi) is 5.62. The van der Waals surface area contributed by atoms with Crippen molar-refractivity contribution in [1.82, 2.24) is 4.90 Å². The van der Waals surface area contributed by atoms with Gasteiger partial charge in [0.2, 0.25) is 0 Å². The number of benzene rings is 1. The molecule has 2 N–H and O–H groups in total. The second kappa shape index (κ2) is 7.24. The van der Waals surface area contributed by atoms with Crippen molar-refractivity contribution in [2.24, 2.45) is 5.73 Å². The molecule has 1 aromatic rings. The van der Waals surface area contributed by atoms with Gasteiger partial charge in [0.25, 0.3) is 0 Å². The van der Waals surface area contributed by atoms with Gasteiger partial charge in [-0.25, -0.2) is 0 Å². The van der Waals surface area contributed by atoms with Gasteiger partial charge in [0.15, 0.2) is 0 Å². The lowest BCUT2D eigenvalue weighted by Crippen LogP contribution is -2.38. The molecule has 0 saturated heterocycles. The molecule has 2 heteroatoms. The molecule has 1 aliphatic rings. The second-order valence-corrected chi connectivity index (χ2v) is 6.42. The third-order valence-corrected chi connectivity index (χ3v) is 4.91. The number of aryl methyl sites for hydroxylation is 2. The van der Waals surface area contributed by atoms with Crippen molar-refractivity contribution in [2.75, 3.05) is 13.6 Å². The highest BCUT2D eigenvalue weighted by Gasteiger charge is 2.25. The van der Waals surface area contributed by atoms with Gasteiger partial charge in [-0.1, -0.05) is 49.4 Å². The molecular formula is C18H30N2. The number of nitrogens with zero attached hydrogens (tertiary/aromatic N) is 1. The Balaban J connectivity index is 2.19. The number of rotatable bonds is 4. The van der Waals surface area contributed by atoms with E-state index in [4.69, 9.17) is 5.73 Å². The molecule has 2 nitrogen and oxygen atoms in total. The first-order chi connectivity index (χ1) is 9.63. The first-order valence-corrected chi connectivity index (χ1v) is 8.12. The maximum atomic E-state index is 6.13. The molecule has 0 amide bonds. The number of nitrogens with two attached hydrogens (primary N) is 1. The summed E-state index contributed by atoms with van der Waals surface area (Å²) < 4.78 is 0. The Hall–Kier alpha value is -0.860. The summed E-state index contributed by atoms with van der Waals surface area (Å²) in [5.41, 5.74) is 10.2. The Morgan fingerprint density at radius 3 is 2.40 bits per heavy atom. The van der Waals surface area contributed by atoms with Crippen LogP contribution in [0.5, 0.6) is 0 Å². The van der Waals surface area contributed by atoms with E-state index in [0.717, 1.165) is 0 Å². The minimum Gasteiger partial charge on any atom is -0.329 e. The number of likely N-dealkylation sites (N-methyl/N-ethyl adjacent to an activating group) is 1. The zero-order valence-electron chi connectivity index (χ0n) is 13.4. The summed E-state index contributed by atoms with van der Waals surface area (Å²) in [5.74, 6) is 0. The predicted molar refractivity (Wildman–Crippen MR) is 87.0 cm³/mol. The van der Waals surface area contributed by atoms with Crippen molar-refractivity contribution >= 4 is 0 Å². The van der Waals surface area contributed by atoms with Gasteiger partial charge >= 0.3 is 0 Å². The van der Waals surface area contributed by atoms with Crippen LogP contribution in [-0.4, -0.2) is 24.5 Å². The molecule has 1 saturated carbocycles. The molecule has 2 rings (SSSR count). The lowest BCUT2D eigenvalue weighted by Gasteiger charge is -2.35. The van der Waals surface area contributed by atoms with Gasteiger partial charge in [-0.15, -0.1) is 0 Å². The lowest BCUT2D eigenvalue weighted by atomic mass is 9.95. The minimum atomic E-state index is 0.359. The van der Waals surface area contributed by atoms with E-state index in [-0.39, 0.29) is 0 Å². The van der Waals surface area contributed by atoms with Crippen molar-refractivity contribution < 1.29 is 0 Å². The minimum absolute atomic E-state index is 0.359. The van der Waals surface area contributed by atoms with Crippen molar-refractivity contribution in [3.63, 3.8) is 0 Å². The average molecular weight is 274 g/mol. The summed E-state index contributed by atoms with van der Waals surface area (Å²) >= 11 is 0. The van der Waals surface area contributed by atoms with Crippen molar-refractivity contribution in [2.45, 2.75) is 64.5 Å². The highest BCUT2D eigenvalue weighted by molar-refractivity contribution is 5.33. The van der Waals surface area contributed by atoms with Crippen LogP contribution in [0, 0.1) is 13.8 Å².